The van der Waals surface area contributed by atoms with E-state index in [9.17, 15) is 0 Å². The van der Waals surface area contributed by atoms with Crippen LogP contribution in [-0.4, -0.2) is 13.2 Å². The molecule has 0 spiro atoms. The number of aryl methyl sites for hydroxylation is 1. The minimum atomic E-state index is 0.150. The van der Waals surface area contributed by atoms with Gasteiger partial charge in [-0.15, -0.1) is 0 Å². The Kier molecular flexibility index (Phi) is 4.32. The maximum Gasteiger partial charge on any atom is 0.127 e. The van der Waals surface area contributed by atoms with Crippen LogP contribution >= 0.6 is 15.9 Å². The summed E-state index contributed by atoms with van der Waals surface area (Å²) in [5, 5.41) is 3.60. The number of para-hydroxylation sites is 1. The Morgan fingerprint density at radius 1 is 1.24 bits per heavy atom. The molecule has 2 aromatic carbocycles. The molecule has 0 aliphatic carbocycles. The fourth-order valence-corrected chi connectivity index (χ4v) is 3.42. The number of rotatable bonds is 4. The highest BCUT2D eigenvalue weighted by atomic mass is 79.9. The van der Waals surface area contributed by atoms with Crippen LogP contribution in [0.1, 0.15) is 35.2 Å². The lowest BCUT2D eigenvalue weighted by molar-refractivity contribution is 0.350. The van der Waals surface area contributed by atoms with E-state index in [1.165, 1.54) is 22.3 Å². The summed E-state index contributed by atoms with van der Waals surface area (Å²) < 4.78 is 7.03. The zero-order valence-electron chi connectivity index (χ0n) is 12.4. The molecule has 21 heavy (non-hydrogen) atoms. The van der Waals surface area contributed by atoms with Crippen LogP contribution in [0.5, 0.6) is 5.75 Å². The summed E-state index contributed by atoms with van der Waals surface area (Å²) >= 11 is 3.70. The van der Waals surface area contributed by atoms with Gasteiger partial charge in [-0.3, -0.25) is 0 Å². The van der Waals surface area contributed by atoms with Crippen molar-refractivity contribution in [2.24, 2.45) is 0 Å². The van der Waals surface area contributed by atoms with Crippen molar-refractivity contribution in [3.8, 4) is 5.75 Å². The number of halogens is 1. The molecule has 0 amide bonds. The number of benzene rings is 2. The molecule has 1 aliphatic rings. The lowest BCUT2D eigenvalue weighted by Gasteiger charge is -2.22. The summed E-state index contributed by atoms with van der Waals surface area (Å²) in [6, 6.07) is 13.1. The van der Waals surface area contributed by atoms with Crippen LogP contribution in [0.4, 0.5) is 0 Å². The first-order valence-electron chi connectivity index (χ1n) is 7.44. The first-order chi connectivity index (χ1) is 10.2. The summed E-state index contributed by atoms with van der Waals surface area (Å²) in [6.45, 7) is 5.97. The lowest BCUT2D eigenvalue weighted by atomic mass is 9.95. The maximum absolute atomic E-state index is 5.89. The Labute approximate surface area is 134 Å². The van der Waals surface area contributed by atoms with Crippen LogP contribution in [0.3, 0.4) is 0 Å². The van der Waals surface area contributed by atoms with Gasteiger partial charge in [-0.25, -0.2) is 0 Å². The molecule has 2 nitrogen and oxygen atoms in total. The summed E-state index contributed by atoms with van der Waals surface area (Å²) in [7, 11) is 0. The van der Waals surface area contributed by atoms with Gasteiger partial charge >= 0.3 is 0 Å². The van der Waals surface area contributed by atoms with Crippen molar-refractivity contribution in [3.05, 3.63) is 63.1 Å². The van der Waals surface area contributed by atoms with Crippen LogP contribution in [-0.2, 0) is 6.42 Å². The van der Waals surface area contributed by atoms with Crippen molar-refractivity contribution in [2.45, 2.75) is 26.3 Å². The molecule has 3 rings (SSSR count). The van der Waals surface area contributed by atoms with E-state index in [0.717, 1.165) is 29.8 Å². The first kappa shape index (κ1) is 14.6. The average Bonchev–Trinajstić information content (AvgIpc) is 2.96. The van der Waals surface area contributed by atoms with E-state index in [1.807, 2.05) is 0 Å². The van der Waals surface area contributed by atoms with E-state index in [1.54, 1.807) is 0 Å². The molecule has 2 aromatic rings. The standard InChI is InChI=1S/C18H20BrNO/c1-3-20-17(15-11-12(2)7-8-16(15)19)14-6-4-5-13-9-10-21-18(13)14/h4-8,11,17,20H,3,9-10H2,1-2H3. The predicted octanol–water partition coefficient (Wildman–Crippen LogP) is 4.39. The Morgan fingerprint density at radius 3 is 2.90 bits per heavy atom. The zero-order chi connectivity index (χ0) is 14.8. The first-order valence-corrected chi connectivity index (χ1v) is 8.24. The van der Waals surface area contributed by atoms with Crippen LogP contribution in [0, 0.1) is 6.92 Å². The molecule has 3 heteroatoms. The number of nitrogens with one attached hydrogen (secondary N) is 1. The van der Waals surface area contributed by atoms with Crippen molar-refractivity contribution < 1.29 is 4.74 Å². The Hall–Kier alpha value is -1.32. The normalized spacial score (nSPS) is 14.6. The van der Waals surface area contributed by atoms with Gasteiger partial charge in [0.1, 0.15) is 5.75 Å². The van der Waals surface area contributed by atoms with Gasteiger partial charge in [0.05, 0.1) is 12.6 Å². The number of ether oxygens (including phenoxy) is 1. The van der Waals surface area contributed by atoms with Gasteiger partial charge in [-0.1, -0.05) is 58.7 Å². The molecule has 0 saturated heterocycles. The topological polar surface area (TPSA) is 21.3 Å². The third-order valence-corrected chi connectivity index (χ3v) is 4.65. The molecule has 1 unspecified atom stereocenters. The smallest absolute Gasteiger partial charge is 0.127 e. The molecule has 0 aromatic heterocycles. The van der Waals surface area contributed by atoms with Gasteiger partial charge in [0.15, 0.2) is 0 Å². The summed E-state index contributed by atoms with van der Waals surface area (Å²) in [5.41, 5.74) is 5.09. The molecule has 0 fully saturated rings. The van der Waals surface area contributed by atoms with E-state index in [2.05, 4.69) is 71.5 Å². The van der Waals surface area contributed by atoms with E-state index >= 15 is 0 Å². The largest absolute Gasteiger partial charge is 0.493 e. The second-order valence-corrected chi connectivity index (χ2v) is 6.30. The second kappa shape index (κ2) is 6.20. The van der Waals surface area contributed by atoms with E-state index in [0.29, 0.717) is 0 Å². The molecule has 110 valence electrons. The van der Waals surface area contributed by atoms with Gasteiger partial charge < -0.3 is 10.1 Å². The SMILES string of the molecule is CCNC(c1cc(C)ccc1Br)c1cccc2c1OCC2. The minimum absolute atomic E-state index is 0.150. The van der Waals surface area contributed by atoms with E-state index in [-0.39, 0.29) is 6.04 Å². The van der Waals surface area contributed by atoms with Gasteiger partial charge in [0.25, 0.3) is 0 Å². The highest BCUT2D eigenvalue weighted by Crippen LogP contribution is 2.38. The molecule has 0 bridgehead atoms. The monoisotopic (exact) mass is 345 g/mol. The van der Waals surface area contributed by atoms with Crippen molar-refractivity contribution in [3.63, 3.8) is 0 Å². The summed E-state index contributed by atoms with van der Waals surface area (Å²) in [6.07, 6.45) is 1.01. The number of hydrogen-bond donors (Lipinski definition) is 1. The molecule has 1 atom stereocenters. The van der Waals surface area contributed by atoms with Crippen LogP contribution in [0.2, 0.25) is 0 Å². The average molecular weight is 346 g/mol. The minimum Gasteiger partial charge on any atom is -0.493 e. The van der Waals surface area contributed by atoms with Crippen LogP contribution < -0.4 is 10.1 Å². The maximum atomic E-state index is 5.89. The third-order valence-electron chi connectivity index (χ3n) is 3.93. The van der Waals surface area contributed by atoms with Gasteiger partial charge in [0, 0.05) is 16.5 Å². The highest BCUT2D eigenvalue weighted by Gasteiger charge is 2.24. The molecule has 0 saturated carbocycles. The molecule has 0 radical (unpaired) electrons. The summed E-state index contributed by atoms with van der Waals surface area (Å²) in [5.74, 6) is 1.07. The molecular formula is C18H20BrNO. The fraction of sp³-hybridized carbons (Fsp3) is 0.333. The Balaban J connectivity index is 2.10. The van der Waals surface area contributed by atoms with Gasteiger partial charge in [-0.05, 0) is 30.7 Å². The molecule has 1 aliphatic heterocycles. The van der Waals surface area contributed by atoms with Crippen molar-refractivity contribution >= 4 is 15.9 Å². The second-order valence-electron chi connectivity index (χ2n) is 5.45. The summed E-state index contributed by atoms with van der Waals surface area (Å²) in [4.78, 5) is 0. The van der Waals surface area contributed by atoms with Gasteiger partial charge in [-0.2, -0.15) is 0 Å². The zero-order valence-corrected chi connectivity index (χ0v) is 14.0. The third kappa shape index (κ3) is 2.85. The number of fused-ring (bicyclic) bond motifs is 1. The molecular weight excluding hydrogens is 326 g/mol. The van der Waals surface area contributed by atoms with Crippen molar-refractivity contribution in [2.75, 3.05) is 13.2 Å². The highest BCUT2D eigenvalue weighted by molar-refractivity contribution is 9.10. The van der Waals surface area contributed by atoms with Gasteiger partial charge in [0.2, 0.25) is 0 Å². The fourth-order valence-electron chi connectivity index (χ4n) is 2.94. The molecule has 1 heterocycles. The number of hydrogen-bond acceptors (Lipinski definition) is 2. The lowest BCUT2D eigenvalue weighted by Crippen LogP contribution is -2.23. The quantitative estimate of drug-likeness (QED) is 0.887. The van der Waals surface area contributed by atoms with E-state index in [4.69, 9.17) is 4.74 Å². The van der Waals surface area contributed by atoms with Crippen molar-refractivity contribution in [1.82, 2.24) is 5.32 Å². The van der Waals surface area contributed by atoms with Crippen LogP contribution in [0.25, 0.3) is 0 Å². The Morgan fingerprint density at radius 2 is 2.10 bits per heavy atom. The van der Waals surface area contributed by atoms with E-state index < -0.39 is 0 Å². The van der Waals surface area contributed by atoms with Crippen molar-refractivity contribution in [1.29, 1.82) is 0 Å². The Bertz CT molecular complexity index is 654. The van der Waals surface area contributed by atoms with Crippen LogP contribution in [0.15, 0.2) is 40.9 Å². The predicted molar refractivity (Wildman–Crippen MR) is 90.0 cm³/mol. The molecule has 1 N–H and O–H groups in total.